The van der Waals surface area contributed by atoms with Crippen LogP contribution in [0.3, 0.4) is 0 Å². The number of likely N-dealkylation sites (tertiary alicyclic amines) is 1. The highest BCUT2D eigenvalue weighted by molar-refractivity contribution is 6.35. The van der Waals surface area contributed by atoms with Crippen LogP contribution in [0.4, 0.5) is 10.5 Å². The third-order valence-corrected chi connectivity index (χ3v) is 3.43. The van der Waals surface area contributed by atoms with Crippen LogP contribution in [-0.2, 0) is 9.53 Å². The molecule has 1 heterocycles. The molecule has 1 aromatic rings. The number of amides is 2. The molecule has 0 aliphatic carbocycles. The lowest BCUT2D eigenvalue weighted by atomic mass is 9.97. The third kappa shape index (κ3) is 4.23. The van der Waals surface area contributed by atoms with Crippen molar-refractivity contribution in [3.8, 4) is 0 Å². The number of carboxylic acids is 1. The molecule has 0 radical (unpaired) electrons. The van der Waals surface area contributed by atoms with Crippen molar-refractivity contribution >= 4 is 40.9 Å². The van der Waals surface area contributed by atoms with Crippen molar-refractivity contribution in [1.29, 1.82) is 0 Å². The molecule has 2 amide bonds. The predicted octanol–water partition coefficient (Wildman–Crippen LogP) is 2.70. The highest BCUT2D eigenvalue weighted by Crippen LogP contribution is 2.27. The number of hydrogen-bond acceptors (Lipinski definition) is 3. The molecule has 0 spiro atoms. The van der Waals surface area contributed by atoms with Crippen molar-refractivity contribution in [2.75, 3.05) is 25.0 Å². The fourth-order valence-corrected chi connectivity index (χ4v) is 2.59. The van der Waals surface area contributed by atoms with Gasteiger partial charge in [-0.3, -0.25) is 0 Å². The molecular weight excluding hydrogens is 319 g/mol. The van der Waals surface area contributed by atoms with E-state index < -0.39 is 11.6 Å². The monoisotopic (exact) mass is 332 g/mol. The molecule has 1 aromatic carbocycles. The van der Waals surface area contributed by atoms with E-state index in [0.29, 0.717) is 28.8 Å². The molecule has 2 rings (SSSR count). The minimum atomic E-state index is -1.03. The molecule has 0 aromatic heterocycles. The lowest BCUT2D eigenvalue weighted by molar-refractivity contribution is -0.159. The fraction of sp³-hybridized carbons (Fsp3) is 0.385. The maximum Gasteiger partial charge on any atom is 0.329 e. The number of nitrogens with one attached hydrogen (secondary N) is 1. The van der Waals surface area contributed by atoms with Gasteiger partial charge in [-0.05, 0) is 25.1 Å². The molecule has 1 fully saturated rings. The summed E-state index contributed by atoms with van der Waals surface area (Å²) in [4.78, 5) is 24.0. The summed E-state index contributed by atoms with van der Waals surface area (Å²) in [5.41, 5.74) is -0.126. The Balaban J connectivity index is 1.87. The fourth-order valence-electron chi connectivity index (χ4n) is 2.06. The van der Waals surface area contributed by atoms with E-state index in [1.54, 1.807) is 25.1 Å². The Morgan fingerprint density at radius 3 is 2.43 bits per heavy atom. The van der Waals surface area contributed by atoms with Gasteiger partial charge in [-0.2, -0.15) is 0 Å². The summed E-state index contributed by atoms with van der Waals surface area (Å²) in [6.07, 6.45) is 0. The molecule has 8 heteroatoms. The van der Waals surface area contributed by atoms with Crippen LogP contribution >= 0.6 is 23.2 Å². The molecule has 1 aliphatic rings. The summed E-state index contributed by atoms with van der Waals surface area (Å²) in [6, 6.07) is 4.43. The number of carbonyl (C=O) groups excluding carboxylic acids is 1. The molecule has 2 N–H and O–H groups in total. The number of hydrogen-bond donors (Lipinski definition) is 2. The second kappa shape index (κ2) is 6.09. The van der Waals surface area contributed by atoms with Gasteiger partial charge in [0.1, 0.15) is 12.2 Å². The number of rotatable bonds is 4. The first kappa shape index (κ1) is 15.9. The summed E-state index contributed by atoms with van der Waals surface area (Å²) >= 11 is 11.7. The van der Waals surface area contributed by atoms with E-state index in [4.69, 9.17) is 33.0 Å². The van der Waals surface area contributed by atoms with Gasteiger partial charge in [-0.25, -0.2) is 9.59 Å². The normalized spacial score (nSPS) is 16.2. The Hall–Kier alpha value is -1.50. The number of nitrogens with zero attached hydrogens (tertiary/aromatic N) is 1. The second-order valence-electron chi connectivity index (χ2n) is 5.08. The number of anilines is 1. The van der Waals surface area contributed by atoms with Crippen LogP contribution in [0.5, 0.6) is 0 Å². The first-order valence-electron chi connectivity index (χ1n) is 6.15. The summed E-state index contributed by atoms with van der Waals surface area (Å²) in [5.74, 6) is -1.03. The summed E-state index contributed by atoms with van der Waals surface area (Å²) in [6.45, 7) is 2.02. The molecule has 0 unspecified atom stereocenters. The Morgan fingerprint density at radius 2 is 1.90 bits per heavy atom. The van der Waals surface area contributed by atoms with Gasteiger partial charge in [0.05, 0.1) is 13.1 Å². The summed E-state index contributed by atoms with van der Waals surface area (Å²) in [5, 5.41) is 12.1. The SMILES string of the molecule is CC1(OCC(=O)O)CN(C(=O)Nc2cc(Cl)cc(Cl)c2)C1. The highest BCUT2D eigenvalue weighted by Gasteiger charge is 2.42. The molecule has 114 valence electrons. The number of urea groups is 1. The van der Waals surface area contributed by atoms with Gasteiger partial charge in [0.25, 0.3) is 0 Å². The molecule has 6 nitrogen and oxygen atoms in total. The van der Waals surface area contributed by atoms with Crippen molar-refractivity contribution in [1.82, 2.24) is 4.90 Å². The third-order valence-electron chi connectivity index (χ3n) is 3.00. The molecule has 0 saturated carbocycles. The molecule has 0 atom stereocenters. The smallest absolute Gasteiger partial charge is 0.329 e. The van der Waals surface area contributed by atoms with Crippen LogP contribution < -0.4 is 5.32 Å². The molecule has 21 heavy (non-hydrogen) atoms. The van der Waals surface area contributed by atoms with Crippen LogP contribution in [-0.4, -0.2) is 47.3 Å². The van der Waals surface area contributed by atoms with Crippen molar-refractivity contribution in [3.05, 3.63) is 28.2 Å². The van der Waals surface area contributed by atoms with Gasteiger partial charge in [-0.1, -0.05) is 23.2 Å². The Kier molecular flexibility index (Phi) is 4.61. The standard InChI is InChI=1S/C13H14Cl2N2O4/c1-13(21-5-11(18)19)6-17(7-13)12(20)16-10-3-8(14)2-9(15)4-10/h2-4H,5-7H2,1H3,(H,16,20)(H,18,19). The van der Waals surface area contributed by atoms with Crippen molar-refractivity contribution in [2.45, 2.75) is 12.5 Å². The zero-order valence-corrected chi connectivity index (χ0v) is 12.7. The first-order valence-corrected chi connectivity index (χ1v) is 6.91. The molecule has 0 bridgehead atoms. The van der Waals surface area contributed by atoms with E-state index in [-0.39, 0.29) is 12.6 Å². The molecule has 1 aliphatic heterocycles. The second-order valence-corrected chi connectivity index (χ2v) is 5.95. The molecule has 1 saturated heterocycles. The Morgan fingerprint density at radius 1 is 1.33 bits per heavy atom. The van der Waals surface area contributed by atoms with Crippen LogP contribution in [0, 0.1) is 0 Å². The van der Waals surface area contributed by atoms with Crippen molar-refractivity contribution < 1.29 is 19.4 Å². The number of carboxylic acid groups (broad SMARTS) is 1. The van der Waals surface area contributed by atoms with Gasteiger partial charge in [0.15, 0.2) is 0 Å². The van der Waals surface area contributed by atoms with E-state index in [1.165, 1.54) is 4.90 Å². The van der Waals surface area contributed by atoms with E-state index in [2.05, 4.69) is 5.32 Å². The summed E-state index contributed by atoms with van der Waals surface area (Å²) < 4.78 is 5.23. The van der Waals surface area contributed by atoms with Crippen LogP contribution in [0.25, 0.3) is 0 Å². The summed E-state index contributed by atoms with van der Waals surface area (Å²) in [7, 11) is 0. The molecular formula is C13H14Cl2N2O4. The number of carbonyl (C=O) groups is 2. The highest BCUT2D eigenvalue weighted by atomic mass is 35.5. The number of benzene rings is 1. The number of aliphatic carboxylic acids is 1. The van der Waals surface area contributed by atoms with E-state index in [9.17, 15) is 9.59 Å². The largest absolute Gasteiger partial charge is 0.480 e. The van der Waals surface area contributed by atoms with Crippen LogP contribution in [0.2, 0.25) is 10.0 Å². The van der Waals surface area contributed by atoms with E-state index in [0.717, 1.165) is 0 Å². The number of halogens is 2. The average Bonchev–Trinajstić information content (AvgIpc) is 2.31. The predicted molar refractivity (Wildman–Crippen MR) is 79.0 cm³/mol. The van der Waals surface area contributed by atoms with Crippen LogP contribution in [0.1, 0.15) is 6.92 Å². The van der Waals surface area contributed by atoms with E-state index >= 15 is 0 Å². The van der Waals surface area contributed by atoms with Crippen molar-refractivity contribution in [2.24, 2.45) is 0 Å². The minimum Gasteiger partial charge on any atom is -0.480 e. The van der Waals surface area contributed by atoms with Gasteiger partial charge in [-0.15, -0.1) is 0 Å². The van der Waals surface area contributed by atoms with E-state index in [1.807, 2.05) is 0 Å². The van der Waals surface area contributed by atoms with Gasteiger partial charge in [0.2, 0.25) is 0 Å². The topological polar surface area (TPSA) is 78.9 Å². The quantitative estimate of drug-likeness (QED) is 0.888. The number of ether oxygens (including phenoxy) is 1. The Labute approximate surface area is 131 Å². The maximum absolute atomic E-state index is 12.0. The average molecular weight is 333 g/mol. The zero-order valence-electron chi connectivity index (χ0n) is 11.2. The first-order chi connectivity index (χ1) is 9.77. The lowest BCUT2D eigenvalue weighted by Gasteiger charge is -2.46. The minimum absolute atomic E-state index is 0.315. The van der Waals surface area contributed by atoms with Gasteiger partial charge < -0.3 is 20.1 Å². The zero-order chi connectivity index (χ0) is 15.6. The van der Waals surface area contributed by atoms with Crippen LogP contribution in [0.15, 0.2) is 18.2 Å². The lowest BCUT2D eigenvalue weighted by Crippen LogP contribution is -2.64. The maximum atomic E-state index is 12.0. The van der Waals surface area contributed by atoms with Gasteiger partial charge in [0, 0.05) is 15.7 Å². The van der Waals surface area contributed by atoms with Gasteiger partial charge >= 0.3 is 12.0 Å². The Bertz CT molecular complexity index is 553. The van der Waals surface area contributed by atoms with Crippen molar-refractivity contribution in [3.63, 3.8) is 0 Å².